The lowest BCUT2D eigenvalue weighted by atomic mass is 10.1. The molecule has 0 bridgehead atoms. The highest BCUT2D eigenvalue weighted by Gasteiger charge is 2.21. The van der Waals surface area contributed by atoms with Gasteiger partial charge in [0, 0.05) is 24.8 Å². The Balaban J connectivity index is 1.84. The fourth-order valence-corrected chi connectivity index (χ4v) is 2.27. The Morgan fingerprint density at radius 2 is 1.94 bits per heavy atom. The molecule has 1 N–H and O–H groups in total. The highest BCUT2D eigenvalue weighted by atomic mass is 15.1. The molecule has 1 atom stereocenters. The van der Waals surface area contributed by atoms with Gasteiger partial charge in [-0.25, -0.2) is 0 Å². The van der Waals surface area contributed by atoms with Gasteiger partial charge in [0.2, 0.25) is 0 Å². The zero-order valence-corrected chi connectivity index (χ0v) is 11.9. The topological polar surface area (TPSA) is 15.3 Å². The van der Waals surface area contributed by atoms with E-state index in [1.54, 1.807) is 0 Å². The monoisotopic (exact) mass is 246 g/mol. The van der Waals surface area contributed by atoms with Crippen LogP contribution in [0.3, 0.4) is 0 Å². The number of nitrogens with one attached hydrogen (secondary N) is 1. The van der Waals surface area contributed by atoms with Gasteiger partial charge in [0.15, 0.2) is 0 Å². The Bertz CT molecular complexity index is 354. The molecule has 2 nitrogen and oxygen atoms in total. The van der Waals surface area contributed by atoms with Crippen molar-refractivity contribution < 1.29 is 0 Å². The fraction of sp³-hybridized carbons (Fsp3) is 0.625. The lowest BCUT2D eigenvalue weighted by Gasteiger charge is -2.27. The summed E-state index contributed by atoms with van der Waals surface area (Å²) in [6, 6.07) is 9.69. The molecule has 2 rings (SSSR count). The van der Waals surface area contributed by atoms with Crippen LogP contribution in [0.15, 0.2) is 24.3 Å². The van der Waals surface area contributed by atoms with Crippen molar-refractivity contribution in [1.29, 1.82) is 0 Å². The third-order valence-corrected chi connectivity index (χ3v) is 3.65. The first-order valence-electron chi connectivity index (χ1n) is 7.24. The van der Waals surface area contributed by atoms with Crippen LogP contribution in [0, 0.1) is 12.8 Å². The van der Waals surface area contributed by atoms with Gasteiger partial charge in [0.05, 0.1) is 0 Å². The minimum atomic E-state index is 0.701. The van der Waals surface area contributed by atoms with E-state index in [0.29, 0.717) is 5.92 Å². The minimum Gasteiger partial charge on any atom is -0.371 e. The Morgan fingerprint density at radius 1 is 1.28 bits per heavy atom. The predicted molar refractivity (Wildman–Crippen MR) is 79.3 cm³/mol. The van der Waals surface area contributed by atoms with Crippen LogP contribution >= 0.6 is 0 Å². The largest absolute Gasteiger partial charge is 0.371 e. The Morgan fingerprint density at radius 3 is 2.50 bits per heavy atom. The van der Waals surface area contributed by atoms with E-state index >= 15 is 0 Å². The molecule has 18 heavy (non-hydrogen) atoms. The van der Waals surface area contributed by atoms with Crippen molar-refractivity contribution >= 4 is 5.69 Å². The molecule has 0 aliphatic heterocycles. The van der Waals surface area contributed by atoms with Crippen LogP contribution in [0.1, 0.15) is 32.3 Å². The van der Waals surface area contributed by atoms with Crippen molar-refractivity contribution in [2.75, 3.05) is 24.5 Å². The lowest BCUT2D eigenvalue weighted by Crippen LogP contribution is -2.34. The third-order valence-electron chi connectivity index (χ3n) is 3.65. The molecule has 1 unspecified atom stereocenters. The minimum absolute atomic E-state index is 0.701. The van der Waals surface area contributed by atoms with E-state index in [4.69, 9.17) is 0 Å². The summed E-state index contributed by atoms with van der Waals surface area (Å²) in [5.41, 5.74) is 2.68. The SMILES string of the molecule is CCN(CC(C)CNC1CC1)c1ccc(C)cc1. The average molecular weight is 246 g/mol. The summed E-state index contributed by atoms with van der Waals surface area (Å²) in [7, 11) is 0. The number of hydrogen-bond donors (Lipinski definition) is 1. The van der Waals surface area contributed by atoms with Crippen molar-refractivity contribution in [3.63, 3.8) is 0 Å². The van der Waals surface area contributed by atoms with E-state index in [9.17, 15) is 0 Å². The molecule has 0 amide bonds. The molecule has 1 aromatic carbocycles. The second-order valence-electron chi connectivity index (χ2n) is 5.66. The van der Waals surface area contributed by atoms with Gasteiger partial charge < -0.3 is 10.2 Å². The second-order valence-corrected chi connectivity index (χ2v) is 5.66. The summed E-state index contributed by atoms with van der Waals surface area (Å²) in [5.74, 6) is 0.701. The molecule has 1 aliphatic rings. The summed E-state index contributed by atoms with van der Waals surface area (Å²) in [6.45, 7) is 10.1. The first kappa shape index (κ1) is 13.4. The maximum atomic E-state index is 3.62. The maximum Gasteiger partial charge on any atom is 0.0366 e. The quantitative estimate of drug-likeness (QED) is 0.795. The fourth-order valence-electron chi connectivity index (χ4n) is 2.27. The summed E-state index contributed by atoms with van der Waals surface area (Å²) in [5, 5.41) is 3.62. The molecule has 0 radical (unpaired) electrons. The first-order valence-corrected chi connectivity index (χ1v) is 7.24. The van der Waals surface area contributed by atoms with Crippen molar-refractivity contribution in [3.05, 3.63) is 29.8 Å². The van der Waals surface area contributed by atoms with Gasteiger partial charge in [0.1, 0.15) is 0 Å². The van der Waals surface area contributed by atoms with Gasteiger partial charge in [-0.3, -0.25) is 0 Å². The van der Waals surface area contributed by atoms with Gasteiger partial charge in [-0.2, -0.15) is 0 Å². The van der Waals surface area contributed by atoms with Crippen molar-refractivity contribution in [2.24, 2.45) is 5.92 Å². The highest BCUT2D eigenvalue weighted by molar-refractivity contribution is 5.47. The van der Waals surface area contributed by atoms with E-state index in [2.05, 4.69) is 55.3 Å². The lowest BCUT2D eigenvalue weighted by molar-refractivity contribution is 0.504. The third kappa shape index (κ3) is 4.02. The Hall–Kier alpha value is -1.02. The van der Waals surface area contributed by atoms with Crippen LogP contribution in [0.25, 0.3) is 0 Å². The van der Waals surface area contributed by atoms with Crippen LogP contribution in [0.5, 0.6) is 0 Å². The van der Waals surface area contributed by atoms with E-state index in [1.807, 2.05) is 0 Å². The van der Waals surface area contributed by atoms with E-state index < -0.39 is 0 Å². The Kier molecular flexibility index (Phi) is 4.65. The van der Waals surface area contributed by atoms with Crippen LogP contribution in [0.2, 0.25) is 0 Å². The average Bonchev–Trinajstić information content (AvgIpc) is 3.19. The Labute approximate surface area is 111 Å². The predicted octanol–water partition coefficient (Wildman–Crippen LogP) is 3.21. The van der Waals surface area contributed by atoms with Gasteiger partial charge in [0.25, 0.3) is 0 Å². The van der Waals surface area contributed by atoms with E-state index in [-0.39, 0.29) is 0 Å². The number of hydrogen-bond acceptors (Lipinski definition) is 2. The molecular weight excluding hydrogens is 220 g/mol. The van der Waals surface area contributed by atoms with Crippen molar-refractivity contribution in [1.82, 2.24) is 5.32 Å². The molecule has 0 saturated heterocycles. The summed E-state index contributed by atoms with van der Waals surface area (Å²) < 4.78 is 0. The highest BCUT2D eigenvalue weighted by Crippen LogP contribution is 2.20. The molecule has 1 aromatic rings. The summed E-state index contributed by atoms with van der Waals surface area (Å²) >= 11 is 0. The first-order chi connectivity index (χ1) is 8.69. The number of nitrogens with zero attached hydrogens (tertiary/aromatic N) is 1. The molecular formula is C16H26N2. The maximum absolute atomic E-state index is 3.62. The van der Waals surface area contributed by atoms with Gasteiger partial charge in [-0.05, 0) is 51.3 Å². The summed E-state index contributed by atoms with van der Waals surface area (Å²) in [4.78, 5) is 2.47. The zero-order valence-electron chi connectivity index (χ0n) is 11.9. The normalized spacial score (nSPS) is 16.6. The van der Waals surface area contributed by atoms with Gasteiger partial charge in [-0.15, -0.1) is 0 Å². The van der Waals surface area contributed by atoms with Gasteiger partial charge in [-0.1, -0.05) is 24.6 Å². The molecule has 2 heteroatoms. The molecule has 1 fully saturated rings. The van der Waals surface area contributed by atoms with Crippen molar-refractivity contribution in [2.45, 2.75) is 39.7 Å². The zero-order chi connectivity index (χ0) is 13.0. The van der Waals surface area contributed by atoms with Crippen LogP contribution in [-0.4, -0.2) is 25.7 Å². The van der Waals surface area contributed by atoms with E-state index in [1.165, 1.54) is 24.1 Å². The molecule has 0 heterocycles. The van der Waals surface area contributed by atoms with Crippen LogP contribution in [0.4, 0.5) is 5.69 Å². The second kappa shape index (κ2) is 6.24. The van der Waals surface area contributed by atoms with E-state index in [0.717, 1.165) is 25.7 Å². The van der Waals surface area contributed by atoms with Crippen molar-refractivity contribution in [3.8, 4) is 0 Å². The number of aryl methyl sites for hydroxylation is 1. The summed E-state index contributed by atoms with van der Waals surface area (Å²) in [6.07, 6.45) is 2.75. The molecule has 100 valence electrons. The molecule has 1 saturated carbocycles. The molecule has 1 aliphatic carbocycles. The standard InChI is InChI=1S/C16H26N2/c1-4-18(16-9-5-13(2)6-10-16)12-14(3)11-17-15-7-8-15/h5-6,9-10,14-15,17H,4,7-8,11-12H2,1-3H3. The number of benzene rings is 1. The van der Waals surface area contributed by atoms with Gasteiger partial charge >= 0.3 is 0 Å². The number of rotatable bonds is 7. The number of anilines is 1. The molecule has 0 spiro atoms. The van der Waals surface area contributed by atoms with Crippen LogP contribution in [-0.2, 0) is 0 Å². The smallest absolute Gasteiger partial charge is 0.0366 e. The van der Waals surface area contributed by atoms with Crippen LogP contribution < -0.4 is 10.2 Å². The molecule has 0 aromatic heterocycles.